The predicted octanol–water partition coefficient (Wildman–Crippen LogP) is 3.63. The van der Waals surface area contributed by atoms with Gasteiger partial charge in [0.2, 0.25) is 0 Å². The molecule has 26 heavy (non-hydrogen) atoms. The zero-order valence-corrected chi connectivity index (χ0v) is 15.4. The molecule has 0 bridgehead atoms. The van der Waals surface area contributed by atoms with Crippen LogP contribution in [0.2, 0.25) is 0 Å². The van der Waals surface area contributed by atoms with Crippen molar-refractivity contribution in [2.24, 2.45) is 5.41 Å². The van der Waals surface area contributed by atoms with Crippen molar-refractivity contribution in [1.82, 2.24) is 15.0 Å². The van der Waals surface area contributed by atoms with Crippen molar-refractivity contribution in [2.45, 2.75) is 20.8 Å². The van der Waals surface area contributed by atoms with E-state index in [1.807, 2.05) is 57.2 Å². The lowest BCUT2D eigenvalue weighted by Gasteiger charge is -2.16. The molecule has 0 saturated heterocycles. The molecular formula is C20H23N3O3. The second kappa shape index (κ2) is 6.90. The van der Waals surface area contributed by atoms with Crippen LogP contribution in [0.3, 0.4) is 0 Å². The van der Waals surface area contributed by atoms with Crippen molar-refractivity contribution in [2.75, 3.05) is 13.8 Å². The molecule has 0 saturated carbocycles. The van der Waals surface area contributed by atoms with Crippen LogP contribution in [-0.4, -0.2) is 39.7 Å². The average Bonchev–Trinajstić information content (AvgIpc) is 3.03. The van der Waals surface area contributed by atoms with Crippen molar-refractivity contribution in [3.8, 4) is 17.1 Å². The number of ketones is 1. The number of hydrogen-bond donors (Lipinski definition) is 2. The maximum absolute atomic E-state index is 12.5. The Morgan fingerprint density at radius 1 is 1.23 bits per heavy atom. The van der Waals surface area contributed by atoms with Gasteiger partial charge in [-0.05, 0) is 30.3 Å². The summed E-state index contributed by atoms with van der Waals surface area (Å²) in [5.74, 6) is 1.39. The van der Waals surface area contributed by atoms with Gasteiger partial charge in [-0.1, -0.05) is 32.9 Å². The molecule has 1 heterocycles. The monoisotopic (exact) mass is 353 g/mol. The first-order valence-corrected chi connectivity index (χ1v) is 8.43. The van der Waals surface area contributed by atoms with Crippen LogP contribution in [0.25, 0.3) is 22.4 Å². The van der Waals surface area contributed by atoms with E-state index in [1.54, 1.807) is 13.1 Å². The Morgan fingerprint density at radius 3 is 2.69 bits per heavy atom. The minimum absolute atomic E-state index is 0.0954. The van der Waals surface area contributed by atoms with Crippen LogP contribution < -0.4 is 4.84 Å². The molecule has 136 valence electrons. The summed E-state index contributed by atoms with van der Waals surface area (Å²) in [5.41, 5.74) is 2.70. The topological polar surface area (TPSA) is 78.5 Å². The number of carbonyl (C=O) groups is 1. The van der Waals surface area contributed by atoms with Gasteiger partial charge in [0, 0.05) is 23.6 Å². The summed E-state index contributed by atoms with van der Waals surface area (Å²) in [6.45, 7) is 5.52. The zero-order chi connectivity index (χ0) is 18.9. The van der Waals surface area contributed by atoms with Crippen LogP contribution in [0, 0.1) is 5.41 Å². The number of aliphatic hydroxyl groups is 1. The van der Waals surface area contributed by atoms with Crippen molar-refractivity contribution in [3.05, 3.63) is 48.0 Å². The van der Waals surface area contributed by atoms with Crippen molar-refractivity contribution in [3.63, 3.8) is 0 Å². The van der Waals surface area contributed by atoms with Gasteiger partial charge in [-0.15, -0.1) is 5.06 Å². The number of nitrogens with one attached hydrogen (secondary N) is 1. The first-order chi connectivity index (χ1) is 12.3. The van der Waals surface area contributed by atoms with Crippen LogP contribution in [0.4, 0.5) is 0 Å². The summed E-state index contributed by atoms with van der Waals surface area (Å²) in [6.07, 6.45) is 0. The molecule has 0 spiro atoms. The maximum atomic E-state index is 12.5. The first-order valence-electron chi connectivity index (χ1n) is 8.43. The SMILES string of the molecule is CN(CO)Oc1cccc(-c2nc3ccc(C(=O)C(C)(C)C)cc3[nH]2)c1. The molecule has 0 amide bonds. The molecule has 0 aliphatic carbocycles. The van der Waals surface area contributed by atoms with Gasteiger partial charge >= 0.3 is 0 Å². The maximum Gasteiger partial charge on any atom is 0.168 e. The number of rotatable bonds is 5. The van der Waals surface area contributed by atoms with Crippen LogP contribution in [-0.2, 0) is 0 Å². The van der Waals surface area contributed by atoms with E-state index in [0.717, 1.165) is 16.6 Å². The number of benzene rings is 2. The highest BCUT2D eigenvalue weighted by molar-refractivity contribution is 6.02. The summed E-state index contributed by atoms with van der Waals surface area (Å²) in [7, 11) is 1.64. The lowest BCUT2D eigenvalue weighted by molar-refractivity contribution is -0.0912. The minimum Gasteiger partial charge on any atom is -0.404 e. The number of aliphatic hydroxyl groups excluding tert-OH is 1. The fraction of sp³-hybridized carbons (Fsp3) is 0.300. The molecule has 1 aromatic heterocycles. The highest BCUT2D eigenvalue weighted by Crippen LogP contribution is 2.27. The first kappa shape index (κ1) is 18.1. The van der Waals surface area contributed by atoms with E-state index in [-0.39, 0.29) is 12.5 Å². The number of hydrogen-bond acceptors (Lipinski definition) is 5. The number of H-pyrrole nitrogens is 1. The van der Waals surface area contributed by atoms with E-state index in [1.165, 1.54) is 5.06 Å². The standard InChI is InChI=1S/C20H23N3O3/c1-20(2,3)18(25)13-8-9-16-17(11-13)22-19(21-16)14-6-5-7-15(10-14)26-23(4)12-24/h5-11,24H,12H2,1-4H3,(H,21,22). The number of Topliss-reactive ketones (excluding diaryl/α,β-unsaturated/α-hetero) is 1. The molecule has 2 aromatic carbocycles. The highest BCUT2D eigenvalue weighted by atomic mass is 16.7. The molecule has 3 rings (SSSR count). The summed E-state index contributed by atoms with van der Waals surface area (Å²) < 4.78 is 0. The molecule has 3 aromatic rings. The van der Waals surface area contributed by atoms with E-state index in [0.29, 0.717) is 17.1 Å². The molecule has 2 N–H and O–H groups in total. The third kappa shape index (κ3) is 3.76. The Kier molecular flexibility index (Phi) is 4.80. The Hall–Kier alpha value is -2.70. The highest BCUT2D eigenvalue weighted by Gasteiger charge is 2.23. The molecule has 0 radical (unpaired) electrons. The molecule has 6 nitrogen and oxygen atoms in total. The van der Waals surface area contributed by atoms with E-state index < -0.39 is 5.41 Å². The number of aromatic nitrogens is 2. The van der Waals surface area contributed by atoms with E-state index in [4.69, 9.17) is 9.94 Å². The smallest absolute Gasteiger partial charge is 0.168 e. The molecule has 0 atom stereocenters. The van der Waals surface area contributed by atoms with Gasteiger partial charge in [-0.2, -0.15) is 0 Å². The fourth-order valence-corrected chi connectivity index (χ4v) is 2.63. The van der Waals surface area contributed by atoms with E-state index >= 15 is 0 Å². The molecule has 0 aliphatic heterocycles. The van der Waals surface area contributed by atoms with Gasteiger partial charge in [0.25, 0.3) is 0 Å². The van der Waals surface area contributed by atoms with Crippen LogP contribution in [0.15, 0.2) is 42.5 Å². The van der Waals surface area contributed by atoms with Gasteiger partial charge in [-0.25, -0.2) is 4.98 Å². The Morgan fingerprint density at radius 2 is 2.00 bits per heavy atom. The van der Waals surface area contributed by atoms with Gasteiger partial charge < -0.3 is 14.9 Å². The van der Waals surface area contributed by atoms with Gasteiger partial charge in [0.05, 0.1) is 11.0 Å². The predicted molar refractivity (Wildman–Crippen MR) is 101 cm³/mol. The summed E-state index contributed by atoms with van der Waals surface area (Å²) >= 11 is 0. The number of aromatic amines is 1. The molecule has 0 unspecified atom stereocenters. The normalized spacial score (nSPS) is 11.9. The third-order valence-corrected chi connectivity index (χ3v) is 3.99. The minimum atomic E-state index is -0.430. The Balaban J connectivity index is 1.94. The van der Waals surface area contributed by atoms with E-state index in [9.17, 15) is 4.79 Å². The fourth-order valence-electron chi connectivity index (χ4n) is 2.63. The number of imidazole rings is 1. The van der Waals surface area contributed by atoms with Crippen molar-refractivity contribution < 1.29 is 14.7 Å². The van der Waals surface area contributed by atoms with Crippen LogP contribution >= 0.6 is 0 Å². The summed E-state index contributed by atoms with van der Waals surface area (Å²) in [4.78, 5) is 25.8. The number of carbonyl (C=O) groups excluding carboxylic acids is 1. The lowest BCUT2D eigenvalue weighted by Crippen LogP contribution is -2.23. The molecule has 0 fully saturated rings. The Labute approximate surface area is 152 Å². The van der Waals surface area contributed by atoms with Crippen molar-refractivity contribution >= 4 is 16.8 Å². The Bertz CT molecular complexity index is 941. The van der Waals surface area contributed by atoms with Crippen LogP contribution in [0.5, 0.6) is 5.75 Å². The second-order valence-corrected chi connectivity index (χ2v) is 7.28. The lowest BCUT2D eigenvalue weighted by atomic mass is 9.86. The molecule has 6 heteroatoms. The van der Waals surface area contributed by atoms with Gasteiger partial charge in [-0.3, -0.25) is 4.79 Å². The molecular weight excluding hydrogens is 330 g/mol. The van der Waals surface area contributed by atoms with Gasteiger partial charge in [0.1, 0.15) is 18.3 Å². The second-order valence-electron chi connectivity index (χ2n) is 7.28. The molecule has 0 aliphatic rings. The van der Waals surface area contributed by atoms with Crippen molar-refractivity contribution in [1.29, 1.82) is 0 Å². The van der Waals surface area contributed by atoms with E-state index in [2.05, 4.69) is 9.97 Å². The third-order valence-electron chi connectivity index (χ3n) is 3.99. The summed E-state index contributed by atoms with van der Waals surface area (Å²) in [5, 5.41) is 10.4. The number of nitrogens with zero attached hydrogens (tertiary/aromatic N) is 2. The van der Waals surface area contributed by atoms with Gasteiger partial charge in [0.15, 0.2) is 5.78 Å². The zero-order valence-electron chi connectivity index (χ0n) is 15.4. The quantitative estimate of drug-likeness (QED) is 0.416. The average molecular weight is 353 g/mol. The largest absolute Gasteiger partial charge is 0.404 e. The van der Waals surface area contributed by atoms with Crippen LogP contribution in [0.1, 0.15) is 31.1 Å². The number of fused-ring (bicyclic) bond motifs is 1. The summed E-state index contributed by atoms with van der Waals surface area (Å²) in [6, 6.07) is 12.9. The number of hydroxylamine groups is 2.